The normalized spacial score (nSPS) is 10.8. The SMILES string of the molecule is CCc1nn(C)c(CC(=O)c2cc(Cl)ccc2I)c1Br. The van der Waals surface area contributed by atoms with Gasteiger partial charge in [-0.1, -0.05) is 18.5 Å². The first-order valence-corrected chi connectivity index (χ1v) is 8.37. The molecular formula is C14H13BrClIN2O. The van der Waals surface area contributed by atoms with Crippen molar-refractivity contribution >= 4 is 55.9 Å². The van der Waals surface area contributed by atoms with Crippen molar-refractivity contribution in [2.45, 2.75) is 19.8 Å². The summed E-state index contributed by atoms with van der Waals surface area (Å²) in [5.74, 6) is 0.0447. The molecule has 0 aliphatic rings. The van der Waals surface area contributed by atoms with Gasteiger partial charge in [0.1, 0.15) is 0 Å². The number of rotatable bonds is 4. The molecule has 0 saturated heterocycles. The third kappa shape index (κ3) is 3.26. The van der Waals surface area contributed by atoms with Crippen molar-refractivity contribution in [2.75, 3.05) is 0 Å². The summed E-state index contributed by atoms with van der Waals surface area (Å²) < 4.78 is 3.59. The quantitative estimate of drug-likeness (QED) is 0.493. The Morgan fingerprint density at radius 1 is 1.50 bits per heavy atom. The van der Waals surface area contributed by atoms with Gasteiger partial charge in [0, 0.05) is 21.2 Å². The van der Waals surface area contributed by atoms with Gasteiger partial charge in [-0.15, -0.1) is 0 Å². The molecule has 1 aromatic heterocycles. The molecule has 0 N–H and O–H groups in total. The number of Topliss-reactive ketones (excluding diaryl/α,β-unsaturated/α-hetero) is 1. The highest BCUT2D eigenvalue weighted by Gasteiger charge is 2.18. The molecule has 1 heterocycles. The highest BCUT2D eigenvalue weighted by atomic mass is 127. The molecule has 0 bridgehead atoms. The molecule has 0 fully saturated rings. The lowest BCUT2D eigenvalue weighted by Crippen LogP contribution is -2.09. The maximum absolute atomic E-state index is 12.5. The number of carbonyl (C=O) groups is 1. The standard InChI is InChI=1S/C14H13BrClIN2O/c1-3-11-14(15)12(19(2)18-11)7-13(20)9-6-8(16)4-5-10(9)17/h4-6H,3,7H2,1-2H3. The molecular weight excluding hydrogens is 454 g/mol. The van der Waals surface area contributed by atoms with Crippen LogP contribution in [0.5, 0.6) is 0 Å². The lowest BCUT2D eigenvalue weighted by atomic mass is 10.1. The zero-order valence-corrected chi connectivity index (χ0v) is 15.6. The van der Waals surface area contributed by atoms with Gasteiger partial charge >= 0.3 is 0 Å². The first-order valence-electron chi connectivity index (χ1n) is 6.12. The van der Waals surface area contributed by atoms with Crippen LogP contribution in [0.15, 0.2) is 22.7 Å². The highest BCUT2D eigenvalue weighted by Crippen LogP contribution is 2.25. The summed E-state index contributed by atoms with van der Waals surface area (Å²) in [5.41, 5.74) is 2.52. The van der Waals surface area contributed by atoms with E-state index in [0.29, 0.717) is 17.0 Å². The smallest absolute Gasteiger partial charge is 0.169 e. The fourth-order valence-corrected chi connectivity index (χ4v) is 3.54. The number of hydrogen-bond acceptors (Lipinski definition) is 2. The first kappa shape index (κ1) is 16.0. The Balaban J connectivity index is 2.33. The number of benzene rings is 1. The Kier molecular flexibility index (Phi) is 5.25. The van der Waals surface area contributed by atoms with Crippen molar-refractivity contribution in [3.63, 3.8) is 0 Å². The molecule has 20 heavy (non-hydrogen) atoms. The second-order valence-corrected chi connectivity index (χ2v) is 6.80. The molecule has 0 atom stereocenters. The summed E-state index contributed by atoms with van der Waals surface area (Å²) in [7, 11) is 1.86. The molecule has 0 amide bonds. The molecule has 3 nitrogen and oxygen atoms in total. The van der Waals surface area contributed by atoms with Crippen molar-refractivity contribution in [2.24, 2.45) is 7.05 Å². The number of aromatic nitrogens is 2. The number of hydrogen-bond donors (Lipinski definition) is 0. The van der Waals surface area contributed by atoms with Gasteiger partial charge in [0.05, 0.1) is 22.3 Å². The van der Waals surface area contributed by atoms with Crippen LogP contribution in [0, 0.1) is 3.57 Å². The summed E-state index contributed by atoms with van der Waals surface area (Å²) in [6, 6.07) is 5.36. The van der Waals surface area contributed by atoms with E-state index >= 15 is 0 Å². The third-order valence-electron chi connectivity index (χ3n) is 3.06. The van der Waals surface area contributed by atoms with Crippen molar-refractivity contribution in [1.29, 1.82) is 0 Å². The largest absolute Gasteiger partial charge is 0.294 e. The first-order chi connectivity index (χ1) is 9.43. The van der Waals surface area contributed by atoms with E-state index in [1.54, 1.807) is 16.8 Å². The van der Waals surface area contributed by atoms with E-state index in [1.807, 2.05) is 20.0 Å². The van der Waals surface area contributed by atoms with Crippen molar-refractivity contribution in [3.05, 3.63) is 48.2 Å². The lowest BCUT2D eigenvalue weighted by molar-refractivity contribution is 0.0989. The van der Waals surface area contributed by atoms with Gasteiger partial charge in [0.25, 0.3) is 0 Å². The average molecular weight is 468 g/mol. The van der Waals surface area contributed by atoms with Gasteiger partial charge in [-0.3, -0.25) is 9.48 Å². The topological polar surface area (TPSA) is 34.9 Å². The van der Waals surface area contributed by atoms with E-state index in [0.717, 1.165) is 25.9 Å². The second kappa shape index (κ2) is 6.58. The van der Waals surface area contributed by atoms with Crippen molar-refractivity contribution in [3.8, 4) is 0 Å². The average Bonchev–Trinajstić information content (AvgIpc) is 2.68. The van der Waals surface area contributed by atoms with Gasteiger partial charge in [0.15, 0.2) is 5.78 Å². The van der Waals surface area contributed by atoms with Crippen LogP contribution in [0.1, 0.15) is 28.7 Å². The van der Waals surface area contributed by atoms with E-state index in [2.05, 4.69) is 43.6 Å². The van der Waals surface area contributed by atoms with Crippen LogP contribution in [0.2, 0.25) is 5.02 Å². The summed E-state index contributed by atoms with van der Waals surface area (Å²) >= 11 is 11.7. The zero-order chi connectivity index (χ0) is 14.9. The van der Waals surface area contributed by atoms with Crippen LogP contribution >= 0.6 is 50.1 Å². The van der Waals surface area contributed by atoms with E-state index < -0.39 is 0 Å². The van der Waals surface area contributed by atoms with Crippen LogP contribution in [-0.4, -0.2) is 15.6 Å². The van der Waals surface area contributed by atoms with Crippen molar-refractivity contribution in [1.82, 2.24) is 9.78 Å². The predicted octanol–water partition coefficient (Wildman–Crippen LogP) is 4.43. The molecule has 0 aliphatic carbocycles. The third-order valence-corrected chi connectivity index (χ3v) is 5.15. The van der Waals surface area contributed by atoms with Gasteiger partial charge in [0.2, 0.25) is 0 Å². The molecule has 0 saturated carbocycles. The number of carbonyl (C=O) groups excluding carboxylic acids is 1. The minimum atomic E-state index is 0.0447. The molecule has 1 aromatic carbocycles. The molecule has 6 heteroatoms. The zero-order valence-electron chi connectivity index (χ0n) is 11.1. The monoisotopic (exact) mass is 466 g/mol. The lowest BCUT2D eigenvalue weighted by Gasteiger charge is -2.06. The molecule has 2 aromatic rings. The van der Waals surface area contributed by atoms with Crippen LogP contribution in [0.3, 0.4) is 0 Å². The Morgan fingerprint density at radius 2 is 2.20 bits per heavy atom. The summed E-state index contributed by atoms with van der Waals surface area (Å²) in [5, 5.41) is 4.98. The van der Waals surface area contributed by atoms with Crippen molar-refractivity contribution < 1.29 is 4.79 Å². The molecule has 0 spiro atoms. The van der Waals surface area contributed by atoms with E-state index in [4.69, 9.17) is 11.6 Å². The van der Waals surface area contributed by atoms with Crippen LogP contribution < -0.4 is 0 Å². The summed E-state index contributed by atoms with van der Waals surface area (Å²) in [4.78, 5) is 12.5. The minimum Gasteiger partial charge on any atom is -0.294 e. The highest BCUT2D eigenvalue weighted by molar-refractivity contribution is 14.1. The second-order valence-electron chi connectivity index (χ2n) is 4.41. The van der Waals surface area contributed by atoms with Crippen LogP contribution in [0.4, 0.5) is 0 Å². The van der Waals surface area contributed by atoms with E-state index in [9.17, 15) is 4.79 Å². The molecule has 106 valence electrons. The van der Waals surface area contributed by atoms with Crippen LogP contribution in [-0.2, 0) is 19.9 Å². The Labute approximate surface area is 145 Å². The van der Waals surface area contributed by atoms with Gasteiger partial charge in [-0.25, -0.2) is 0 Å². The summed E-state index contributed by atoms with van der Waals surface area (Å²) in [6.07, 6.45) is 1.14. The Bertz CT molecular complexity index is 669. The fourth-order valence-electron chi connectivity index (χ4n) is 1.97. The molecule has 2 rings (SSSR count). The maximum atomic E-state index is 12.5. The minimum absolute atomic E-state index is 0.0447. The van der Waals surface area contributed by atoms with E-state index in [1.165, 1.54) is 0 Å². The Hall–Kier alpha value is -0.400. The van der Waals surface area contributed by atoms with Crippen LogP contribution in [0.25, 0.3) is 0 Å². The molecule has 0 unspecified atom stereocenters. The van der Waals surface area contributed by atoms with E-state index in [-0.39, 0.29) is 5.78 Å². The summed E-state index contributed by atoms with van der Waals surface area (Å²) in [6.45, 7) is 2.04. The molecule has 0 aliphatic heterocycles. The van der Waals surface area contributed by atoms with Gasteiger partial charge in [-0.05, 0) is 63.1 Å². The fraction of sp³-hybridized carbons (Fsp3) is 0.286. The molecule has 0 radical (unpaired) electrons. The number of halogens is 3. The number of aryl methyl sites for hydroxylation is 2. The number of ketones is 1. The maximum Gasteiger partial charge on any atom is 0.169 e. The predicted molar refractivity (Wildman–Crippen MR) is 92.5 cm³/mol. The van der Waals surface area contributed by atoms with Gasteiger partial charge < -0.3 is 0 Å². The number of nitrogens with zero attached hydrogens (tertiary/aromatic N) is 2. The Morgan fingerprint density at radius 3 is 2.80 bits per heavy atom. The van der Waals surface area contributed by atoms with Gasteiger partial charge in [-0.2, -0.15) is 5.10 Å².